The molecule has 1 fully saturated rings. The van der Waals surface area contributed by atoms with Crippen molar-refractivity contribution >= 4 is 33.0 Å². The quantitative estimate of drug-likeness (QED) is 0.665. The van der Waals surface area contributed by atoms with Gasteiger partial charge in [-0.3, -0.25) is 14.9 Å². The van der Waals surface area contributed by atoms with Gasteiger partial charge in [0.15, 0.2) is 9.84 Å². The van der Waals surface area contributed by atoms with Crippen LogP contribution in [0.4, 0.5) is 5.69 Å². The summed E-state index contributed by atoms with van der Waals surface area (Å²) in [6, 6.07) is 3.53. The van der Waals surface area contributed by atoms with Crippen LogP contribution in [0.1, 0.15) is 23.2 Å². The SMILES string of the molecule is O=C(NCC1CCCS1(=O)=O)c1cc([N+](=O)[O-])ccc1Cl. The number of nitrogens with one attached hydrogen (secondary N) is 1. The fourth-order valence-electron chi connectivity index (χ4n) is 2.19. The van der Waals surface area contributed by atoms with E-state index in [0.29, 0.717) is 12.8 Å². The van der Waals surface area contributed by atoms with Gasteiger partial charge in [-0.05, 0) is 18.9 Å². The second-order valence-electron chi connectivity index (χ2n) is 4.76. The van der Waals surface area contributed by atoms with Gasteiger partial charge in [-0.15, -0.1) is 0 Å². The third-order valence-corrected chi connectivity index (χ3v) is 5.96. The number of nitrogens with zero attached hydrogens (tertiary/aromatic N) is 1. The van der Waals surface area contributed by atoms with Crippen LogP contribution < -0.4 is 5.32 Å². The maximum atomic E-state index is 12.0. The zero-order valence-corrected chi connectivity index (χ0v) is 12.5. The van der Waals surface area contributed by atoms with Crippen molar-refractivity contribution in [1.82, 2.24) is 5.32 Å². The summed E-state index contributed by atoms with van der Waals surface area (Å²) in [6.07, 6.45) is 1.09. The Balaban J connectivity index is 2.10. The van der Waals surface area contributed by atoms with Crippen LogP contribution in [0.3, 0.4) is 0 Å². The molecule has 0 aromatic heterocycles. The van der Waals surface area contributed by atoms with Crippen LogP contribution in [0.15, 0.2) is 18.2 Å². The van der Waals surface area contributed by atoms with Crippen LogP contribution >= 0.6 is 11.6 Å². The van der Waals surface area contributed by atoms with Crippen molar-refractivity contribution in [3.05, 3.63) is 38.9 Å². The molecule has 0 saturated carbocycles. The van der Waals surface area contributed by atoms with Gasteiger partial charge in [0.25, 0.3) is 11.6 Å². The van der Waals surface area contributed by atoms with E-state index in [1.165, 1.54) is 12.1 Å². The van der Waals surface area contributed by atoms with Crippen LogP contribution in [0.25, 0.3) is 0 Å². The Morgan fingerprint density at radius 1 is 1.48 bits per heavy atom. The number of sulfone groups is 1. The molecule has 114 valence electrons. The number of amides is 1. The number of rotatable bonds is 4. The minimum absolute atomic E-state index is 0.0137. The molecule has 1 heterocycles. The summed E-state index contributed by atoms with van der Waals surface area (Å²) in [5.74, 6) is -0.490. The lowest BCUT2D eigenvalue weighted by Gasteiger charge is -2.11. The van der Waals surface area contributed by atoms with Crippen LogP contribution in [-0.2, 0) is 9.84 Å². The third-order valence-electron chi connectivity index (χ3n) is 3.36. The Kier molecular flexibility index (Phi) is 4.48. The van der Waals surface area contributed by atoms with E-state index in [4.69, 9.17) is 11.6 Å². The Morgan fingerprint density at radius 2 is 2.19 bits per heavy atom. The maximum Gasteiger partial charge on any atom is 0.270 e. The molecule has 0 radical (unpaired) electrons. The van der Waals surface area contributed by atoms with E-state index in [1.807, 2.05) is 0 Å². The van der Waals surface area contributed by atoms with Crippen molar-refractivity contribution in [2.45, 2.75) is 18.1 Å². The molecular weight excluding hydrogens is 320 g/mol. The molecule has 0 spiro atoms. The number of non-ortho nitro benzene ring substituents is 1. The zero-order valence-electron chi connectivity index (χ0n) is 10.9. The number of hydrogen-bond acceptors (Lipinski definition) is 5. The summed E-state index contributed by atoms with van der Waals surface area (Å²) in [6.45, 7) is -0.0137. The number of nitro groups is 1. The van der Waals surface area contributed by atoms with Gasteiger partial charge < -0.3 is 5.32 Å². The molecule has 1 saturated heterocycles. The molecule has 1 aliphatic rings. The summed E-state index contributed by atoms with van der Waals surface area (Å²) >= 11 is 5.85. The second-order valence-corrected chi connectivity index (χ2v) is 7.57. The molecule has 0 bridgehead atoms. The van der Waals surface area contributed by atoms with Gasteiger partial charge in [0.05, 0.1) is 26.5 Å². The number of halogens is 1. The normalized spacial score (nSPS) is 20.1. The average Bonchev–Trinajstić information content (AvgIpc) is 2.75. The number of nitro benzene ring substituents is 1. The number of hydrogen-bond donors (Lipinski definition) is 1. The fourth-order valence-corrected chi connectivity index (χ4v) is 4.16. The molecule has 9 heteroatoms. The van der Waals surface area contributed by atoms with Crippen molar-refractivity contribution in [2.24, 2.45) is 0 Å². The van der Waals surface area contributed by atoms with Crippen LogP contribution in [-0.4, -0.2) is 36.8 Å². The van der Waals surface area contributed by atoms with Gasteiger partial charge in [-0.2, -0.15) is 0 Å². The molecule has 21 heavy (non-hydrogen) atoms. The lowest BCUT2D eigenvalue weighted by Crippen LogP contribution is -2.34. The highest BCUT2D eigenvalue weighted by molar-refractivity contribution is 7.92. The first-order valence-electron chi connectivity index (χ1n) is 6.25. The van der Waals surface area contributed by atoms with Crippen LogP contribution in [0, 0.1) is 10.1 Å². The predicted molar refractivity (Wildman–Crippen MR) is 77.2 cm³/mol. The highest BCUT2D eigenvalue weighted by atomic mass is 35.5. The largest absolute Gasteiger partial charge is 0.351 e. The minimum Gasteiger partial charge on any atom is -0.351 e. The summed E-state index contributed by atoms with van der Waals surface area (Å²) in [5, 5.41) is 12.6. The Bertz CT molecular complexity index is 689. The fraction of sp³-hybridized carbons (Fsp3) is 0.417. The van der Waals surface area contributed by atoms with Crippen molar-refractivity contribution < 1.29 is 18.1 Å². The molecule has 0 aliphatic carbocycles. The first-order valence-corrected chi connectivity index (χ1v) is 8.34. The monoisotopic (exact) mass is 332 g/mol. The molecule has 7 nitrogen and oxygen atoms in total. The summed E-state index contributed by atoms with van der Waals surface area (Å²) in [7, 11) is -3.15. The smallest absolute Gasteiger partial charge is 0.270 e. The Morgan fingerprint density at radius 3 is 2.76 bits per heavy atom. The van der Waals surface area contributed by atoms with Gasteiger partial charge in [0.1, 0.15) is 0 Å². The van der Waals surface area contributed by atoms with Gasteiger partial charge >= 0.3 is 0 Å². The third kappa shape index (κ3) is 3.51. The van der Waals surface area contributed by atoms with E-state index in [1.54, 1.807) is 0 Å². The molecular formula is C12H13ClN2O5S. The summed E-state index contributed by atoms with van der Waals surface area (Å²) in [4.78, 5) is 22.1. The van der Waals surface area contributed by atoms with Crippen molar-refractivity contribution in [2.75, 3.05) is 12.3 Å². The van der Waals surface area contributed by atoms with E-state index >= 15 is 0 Å². The van der Waals surface area contributed by atoms with Gasteiger partial charge in [0.2, 0.25) is 0 Å². The maximum absolute atomic E-state index is 12.0. The Hall–Kier alpha value is -1.67. The highest BCUT2D eigenvalue weighted by Gasteiger charge is 2.31. The number of carbonyl (C=O) groups is 1. The highest BCUT2D eigenvalue weighted by Crippen LogP contribution is 2.23. The second kappa shape index (κ2) is 5.98. The predicted octanol–water partition coefficient (Wildman–Crippen LogP) is 1.56. The molecule has 1 unspecified atom stereocenters. The van der Waals surface area contributed by atoms with Gasteiger partial charge in [0, 0.05) is 18.7 Å². The first kappa shape index (κ1) is 15.7. The molecule has 1 atom stereocenters. The summed E-state index contributed by atoms with van der Waals surface area (Å²) < 4.78 is 23.3. The van der Waals surface area contributed by atoms with Gasteiger partial charge in [-0.1, -0.05) is 11.6 Å². The topological polar surface area (TPSA) is 106 Å². The zero-order chi connectivity index (χ0) is 15.6. The Labute approximate surface area is 126 Å². The van der Waals surface area contributed by atoms with Gasteiger partial charge in [-0.25, -0.2) is 8.42 Å². The molecule has 1 aromatic rings. The molecule has 1 aromatic carbocycles. The first-order chi connectivity index (χ1) is 9.81. The van der Waals surface area contributed by atoms with Crippen LogP contribution in [0.5, 0.6) is 0 Å². The van der Waals surface area contributed by atoms with Crippen molar-refractivity contribution in [3.63, 3.8) is 0 Å². The summed E-state index contributed by atoms with van der Waals surface area (Å²) in [5.41, 5.74) is -0.292. The molecule has 1 amide bonds. The number of benzene rings is 1. The average molecular weight is 333 g/mol. The molecule has 2 rings (SSSR count). The van der Waals surface area contributed by atoms with Crippen molar-refractivity contribution in [1.29, 1.82) is 0 Å². The molecule has 1 N–H and O–H groups in total. The number of carbonyl (C=O) groups excluding carboxylic acids is 1. The minimum atomic E-state index is -3.15. The van der Waals surface area contributed by atoms with E-state index in [2.05, 4.69) is 5.32 Å². The van der Waals surface area contributed by atoms with E-state index in [9.17, 15) is 23.3 Å². The van der Waals surface area contributed by atoms with E-state index in [-0.39, 0.29) is 28.6 Å². The lowest BCUT2D eigenvalue weighted by atomic mass is 10.2. The van der Waals surface area contributed by atoms with Crippen molar-refractivity contribution in [3.8, 4) is 0 Å². The van der Waals surface area contributed by atoms with E-state index < -0.39 is 25.9 Å². The lowest BCUT2D eigenvalue weighted by molar-refractivity contribution is -0.384. The standard InChI is InChI=1S/C12H13ClN2O5S/c13-11-4-3-8(15(17)18)6-10(11)12(16)14-7-9-2-1-5-21(9,19)20/h3-4,6,9H,1-2,5,7H2,(H,14,16). The van der Waals surface area contributed by atoms with E-state index in [0.717, 1.165) is 6.07 Å². The van der Waals surface area contributed by atoms with Crippen LogP contribution in [0.2, 0.25) is 5.02 Å². The molecule has 1 aliphatic heterocycles.